The minimum atomic E-state index is -3.93. The molecular weight excluding hydrogens is 369 g/mol. The van der Waals surface area contributed by atoms with Crippen LogP contribution in [-0.2, 0) is 25.3 Å². The van der Waals surface area contributed by atoms with E-state index in [1.54, 1.807) is 39.8 Å². The van der Waals surface area contributed by atoms with Crippen LogP contribution in [0.4, 0.5) is 4.79 Å². The first-order chi connectivity index (χ1) is 12.4. The molecule has 0 aromatic heterocycles. The maximum atomic E-state index is 13.0. The van der Waals surface area contributed by atoms with E-state index in [-0.39, 0.29) is 19.2 Å². The third-order valence-corrected chi connectivity index (χ3v) is 6.02. The summed E-state index contributed by atoms with van der Waals surface area (Å²) in [5, 5.41) is 2.51. The summed E-state index contributed by atoms with van der Waals surface area (Å²) >= 11 is 0. The molecule has 0 bridgehead atoms. The molecule has 0 radical (unpaired) electrons. The monoisotopic (exact) mass is 399 g/mol. The van der Waals surface area contributed by atoms with Crippen LogP contribution in [0, 0.1) is 5.92 Å². The smallest absolute Gasteiger partial charge is 0.408 e. The van der Waals surface area contributed by atoms with Crippen molar-refractivity contribution in [3.05, 3.63) is 35.9 Å². The quantitative estimate of drug-likeness (QED) is 0.512. The van der Waals surface area contributed by atoms with E-state index in [0.717, 1.165) is 5.56 Å². The lowest BCUT2D eigenvalue weighted by Crippen LogP contribution is -2.41. The van der Waals surface area contributed by atoms with Crippen LogP contribution in [0.1, 0.15) is 40.2 Å². The lowest BCUT2D eigenvalue weighted by molar-refractivity contribution is -0.146. The molecule has 0 aliphatic rings. The van der Waals surface area contributed by atoms with Gasteiger partial charge in [-0.25, -0.2) is 4.79 Å². The summed E-state index contributed by atoms with van der Waals surface area (Å²) in [7, 11) is -3.93. The number of carbonyl (C=O) groups excluding carboxylic acids is 2. The molecule has 1 aromatic rings. The van der Waals surface area contributed by atoms with Gasteiger partial charge in [0.05, 0.1) is 12.5 Å². The standard InChI is InChI=1S/C19H30NO6P/c1-6-25-17(21)14(2)13-27(23,24)16(12-15-10-8-7-9-11-15)20-18(22)26-19(3,4)5/h7-11,14,16H,6,12-13H2,1-5H3,(H,20,22)(H,23,24). The number of amides is 1. The van der Waals surface area contributed by atoms with Crippen molar-refractivity contribution in [2.24, 2.45) is 5.92 Å². The van der Waals surface area contributed by atoms with E-state index in [4.69, 9.17) is 9.47 Å². The Labute approximate surface area is 160 Å². The van der Waals surface area contributed by atoms with Crippen molar-refractivity contribution in [3.63, 3.8) is 0 Å². The second-order valence-corrected chi connectivity index (χ2v) is 9.94. The van der Waals surface area contributed by atoms with Gasteiger partial charge in [0.2, 0.25) is 7.37 Å². The molecule has 1 rings (SSSR count). The molecule has 3 atom stereocenters. The number of esters is 1. The van der Waals surface area contributed by atoms with Crippen molar-refractivity contribution in [2.75, 3.05) is 12.8 Å². The lowest BCUT2D eigenvalue weighted by atomic mass is 10.1. The Bertz CT molecular complexity index is 671. The normalized spacial score (nSPS) is 15.9. The van der Waals surface area contributed by atoms with E-state index < -0.39 is 36.7 Å². The Morgan fingerprint density at radius 2 is 1.81 bits per heavy atom. The predicted molar refractivity (Wildman–Crippen MR) is 104 cm³/mol. The van der Waals surface area contributed by atoms with Gasteiger partial charge in [0.1, 0.15) is 11.4 Å². The second kappa shape index (κ2) is 9.90. The molecule has 0 spiro atoms. The average Bonchev–Trinajstić information content (AvgIpc) is 2.53. The van der Waals surface area contributed by atoms with E-state index >= 15 is 0 Å². The number of rotatable bonds is 8. The summed E-state index contributed by atoms with van der Waals surface area (Å²) in [6, 6.07) is 9.06. The van der Waals surface area contributed by atoms with E-state index in [2.05, 4.69) is 5.32 Å². The summed E-state index contributed by atoms with van der Waals surface area (Å²) in [6.07, 6.45) is -0.927. The molecule has 1 aromatic carbocycles. The molecule has 0 heterocycles. The zero-order valence-corrected chi connectivity index (χ0v) is 17.5. The molecule has 0 aliphatic carbocycles. The summed E-state index contributed by atoms with van der Waals surface area (Å²) in [5.74, 6) is -2.38. The SMILES string of the molecule is CCOC(=O)C(C)CP(=O)(O)C(Cc1ccccc1)NC(=O)OC(C)(C)C. The summed E-state index contributed by atoms with van der Waals surface area (Å²) in [5.41, 5.74) is 0.0515. The van der Waals surface area contributed by atoms with Gasteiger partial charge in [0.25, 0.3) is 0 Å². The predicted octanol–water partition coefficient (Wildman–Crippen LogP) is 3.55. The van der Waals surface area contributed by atoms with E-state index in [1.165, 1.54) is 6.92 Å². The van der Waals surface area contributed by atoms with Gasteiger partial charge >= 0.3 is 12.1 Å². The maximum Gasteiger partial charge on any atom is 0.408 e. The van der Waals surface area contributed by atoms with E-state index in [1.807, 2.05) is 18.2 Å². The second-order valence-electron chi connectivity index (χ2n) is 7.44. The van der Waals surface area contributed by atoms with Gasteiger partial charge in [-0.1, -0.05) is 37.3 Å². The van der Waals surface area contributed by atoms with Gasteiger partial charge in [-0.05, 0) is 33.3 Å². The van der Waals surface area contributed by atoms with Crippen molar-refractivity contribution < 1.29 is 28.5 Å². The molecule has 1 amide bonds. The lowest BCUT2D eigenvalue weighted by Gasteiger charge is -2.27. The number of hydrogen-bond acceptors (Lipinski definition) is 5. The van der Waals surface area contributed by atoms with E-state index in [9.17, 15) is 19.0 Å². The van der Waals surface area contributed by atoms with E-state index in [0.29, 0.717) is 0 Å². The van der Waals surface area contributed by atoms with Crippen LogP contribution in [-0.4, -0.2) is 41.1 Å². The Morgan fingerprint density at radius 3 is 2.33 bits per heavy atom. The zero-order chi connectivity index (χ0) is 20.7. The summed E-state index contributed by atoms with van der Waals surface area (Å²) in [6.45, 7) is 8.53. The van der Waals surface area contributed by atoms with Gasteiger partial charge in [-0.15, -0.1) is 0 Å². The minimum absolute atomic E-state index is 0.142. The topological polar surface area (TPSA) is 102 Å². The van der Waals surface area contributed by atoms with Gasteiger partial charge in [-0.3, -0.25) is 9.36 Å². The highest BCUT2D eigenvalue weighted by atomic mass is 31.2. The average molecular weight is 399 g/mol. The first-order valence-electron chi connectivity index (χ1n) is 8.96. The fraction of sp³-hybridized carbons (Fsp3) is 0.579. The number of benzene rings is 1. The van der Waals surface area contributed by atoms with Gasteiger partial charge in [0, 0.05) is 12.6 Å². The molecule has 0 saturated carbocycles. The van der Waals surface area contributed by atoms with Crippen LogP contribution >= 0.6 is 7.37 Å². The Hall–Kier alpha value is -1.85. The van der Waals surface area contributed by atoms with Gasteiger partial charge < -0.3 is 19.7 Å². The molecule has 3 unspecified atom stereocenters. The molecular formula is C19H30NO6P. The molecule has 27 heavy (non-hydrogen) atoms. The number of carbonyl (C=O) groups is 2. The first-order valence-corrected chi connectivity index (χ1v) is 10.9. The zero-order valence-electron chi connectivity index (χ0n) is 16.6. The van der Waals surface area contributed by atoms with Crippen molar-refractivity contribution in [1.29, 1.82) is 0 Å². The number of alkyl carbamates (subject to hydrolysis) is 1. The maximum absolute atomic E-state index is 13.0. The molecule has 8 heteroatoms. The summed E-state index contributed by atoms with van der Waals surface area (Å²) in [4.78, 5) is 34.7. The largest absolute Gasteiger partial charge is 0.466 e. The van der Waals surface area contributed by atoms with Gasteiger partial charge in [-0.2, -0.15) is 0 Å². The summed E-state index contributed by atoms with van der Waals surface area (Å²) < 4.78 is 23.1. The molecule has 0 fully saturated rings. The van der Waals surface area contributed by atoms with Crippen LogP contribution in [0.5, 0.6) is 0 Å². The number of nitrogens with one attached hydrogen (secondary N) is 1. The van der Waals surface area contributed by atoms with Crippen LogP contribution in [0.25, 0.3) is 0 Å². The third-order valence-electron chi connectivity index (χ3n) is 3.67. The minimum Gasteiger partial charge on any atom is -0.466 e. The highest BCUT2D eigenvalue weighted by Gasteiger charge is 2.37. The fourth-order valence-corrected chi connectivity index (χ4v) is 4.45. The van der Waals surface area contributed by atoms with Crippen LogP contribution in [0.3, 0.4) is 0 Å². The highest BCUT2D eigenvalue weighted by molar-refractivity contribution is 7.58. The van der Waals surface area contributed by atoms with Crippen LogP contribution < -0.4 is 5.32 Å². The Kier molecular flexibility index (Phi) is 8.51. The Morgan fingerprint density at radius 1 is 1.22 bits per heavy atom. The molecule has 7 nitrogen and oxygen atoms in total. The fourth-order valence-electron chi connectivity index (χ4n) is 2.45. The van der Waals surface area contributed by atoms with Crippen LogP contribution in [0.2, 0.25) is 0 Å². The third kappa shape index (κ3) is 8.59. The molecule has 2 N–H and O–H groups in total. The first kappa shape index (κ1) is 23.2. The highest BCUT2D eigenvalue weighted by Crippen LogP contribution is 2.48. The van der Waals surface area contributed by atoms with Crippen molar-refractivity contribution in [2.45, 2.75) is 52.4 Å². The molecule has 0 saturated heterocycles. The van der Waals surface area contributed by atoms with Crippen molar-refractivity contribution >= 4 is 19.4 Å². The number of ether oxygens (including phenoxy) is 2. The van der Waals surface area contributed by atoms with Crippen LogP contribution in [0.15, 0.2) is 30.3 Å². The van der Waals surface area contributed by atoms with Crippen molar-refractivity contribution in [3.8, 4) is 0 Å². The number of hydrogen-bond donors (Lipinski definition) is 2. The molecule has 0 aliphatic heterocycles. The van der Waals surface area contributed by atoms with Crippen molar-refractivity contribution in [1.82, 2.24) is 5.32 Å². The van der Waals surface area contributed by atoms with Gasteiger partial charge in [0.15, 0.2) is 0 Å². The Balaban J connectivity index is 2.98. The molecule has 152 valence electrons.